The summed E-state index contributed by atoms with van der Waals surface area (Å²) in [4.78, 5) is 11.6. The fraction of sp³-hybridized carbons (Fsp3) is 0.917. The Balaban J connectivity index is 3.92. The Labute approximate surface area is 98.6 Å². The molecule has 0 fully saturated rings. The number of aliphatic hydroxyl groups excluding tert-OH is 1. The Hall–Kier alpha value is -0.610. The molecule has 2 unspecified atom stereocenters. The second-order valence-corrected chi connectivity index (χ2v) is 5.50. The lowest BCUT2D eigenvalue weighted by atomic mass is 9.89. The van der Waals surface area contributed by atoms with E-state index in [1.165, 1.54) is 0 Å². The second-order valence-electron chi connectivity index (χ2n) is 5.50. The van der Waals surface area contributed by atoms with Crippen LogP contribution in [0, 0.1) is 11.3 Å². The lowest BCUT2D eigenvalue weighted by Gasteiger charge is -2.23. The summed E-state index contributed by atoms with van der Waals surface area (Å²) in [5.41, 5.74) is 5.54. The van der Waals surface area contributed by atoms with Gasteiger partial charge < -0.3 is 16.2 Å². The number of rotatable bonds is 6. The molecule has 0 aliphatic rings. The molecule has 4 N–H and O–H groups in total. The van der Waals surface area contributed by atoms with E-state index in [0.29, 0.717) is 19.5 Å². The maximum absolute atomic E-state index is 11.6. The van der Waals surface area contributed by atoms with Gasteiger partial charge in [-0.1, -0.05) is 27.7 Å². The molecule has 0 saturated heterocycles. The molecule has 0 saturated carbocycles. The fourth-order valence-corrected chi connectivity index (χ4v) is 1.60. The third kappa shape index (κ3) is 6.80. The maximum Gasteiger partial charge on any atom is 0.224 e. The van der Waals surface area contributed by atoms with Gasteiger partial charge >= 0.3 is 0 Å². The smallest absolute Gasteiger partial charge is 0.224 e. The van der Waals surface area contributed by atoms with Crippen molar-refractivity contribution < 1.29 is 9.90 Å². The molecule has 96 valence electrons. The zero-order valence-electron chi connectivity index (χ0n) is 10.9. The van der Waals surface area contributed by atoms with E-state index in [4.69, 9.17) is 5.73 Å². The minimum atomic E-state index is -0.487. The average molecular weight is 230 g/mol. The molecule has 16 heavy (non-hydrogen) atoms. The van der Waals surface area contributed by atoms with Crippen LogP contribution in [0.1, 0.15) is 40.5 Å². The second kappa shape index (κ2) is 6.86. The van der Waals surface area contributed by atoms with Crippen LogP contribution < -0.4 is 11.1 Å². The highest BCUT2D eigenvalue weighted by Gasteiger charge is 2.19. The monoisotopic (exact) mass is 230 g/mol. The third-order valence-corrected chi connectivity index (χ3v) is 2.51. The van der Waals surface area contributed by atoms with Crippen molar-refractivity contribution in [1.29, 1.82) is 0 Å². The Kier molecular flexibility index (Phi) is 6.60. The van der Waals surface area contributed by atoms with Gasteiger partial charge in [0, 0.05) is 19.0 Å². The maximum atomic E-state index is 11.6. The van der Waals surface area contributed by atoms with E-state index in [1.54, 1.807) is 0 Å². The molecule has 0 aromatic carbocycles. The summed E-state index contributed by atoms with van der Waals surface area (Å²) in [5, 5.41) is 12.5. The molecule has 0 aromatic heterocycles. The zero-order valence-corrected chi connectivity index (χ0v) is 10.9. The number of nitrogens with two attached hydrogens (primary N) is 1. The quantitative estimate of drug-likeness (QED) is 0.634. The Morgan fingerprint density at radius 1 is 1.44 bits per heavy atom. The van der Waals surface area contributed by atoms with Crippen LogP contribution in [0.25, 0.3) is 0 Å². The third-order valence-electron chi connectivity index (χ3n) is 2.51. The fourth-order valence-electron chi connectivity index (χ4n) is 1.60. The van der Waals surface area contributed by atoms with Gasteiger partial charge in [-0.05, 0) is 18.3 Å². The van der Waals surface area contributed by atoms with Crippen molar-refractivity contribution in [3.63, 3.8) is 0 Å². The largest absolute Gasteiger partial charge is 0.391 e. The van der Waals surface area contributed by atoms with Gasteiger partial charge in [-0.3, -0.25) is 4.79 Å². The molecule has 4 heteroatoms. The van der Waals surface area contributed by atoms with Crippen LogP contribution >= 0.6 is 0 Å². The Bertz CT molecular complexity index is 208. The van der Waals surface area contributed by atoms with Gasteiger partial charge in [-0.2, -0.15) is 0 Å². The van der Waals surface area contributed by atoms with Crippen LogP contribution in [0.15, 0.2) is 0 Å². The van der Waals surface area contributed by atoms with Gasteiger partial charge in [0.05, 0.1) is 6.10 Å². The normalized spacial score (nSPS) is 15.6. The minimum absolute atomic E-state index is 0.0574. The predicted molar refractivity (Wildman–Crippen MR) is 65.9 cm³/mol. The molecule has 0 radical (unpaired) electrons. The van der Waals surface area contributed by atoms with Gasteiger partial charge in [0.25, 0.3) is 0 Å². The molecule has 4 nitrogen and oxygen atoms in total. The molecule has 2 atom stereocenters. The van der Waals surface area contributed by atoms with E-state index in [2.05, 4.69) is 26.1 Å². The highest BCUT2D eigenvalue weighted by Crippen LogP contribution is 2.20. The number of carbonyl (C=O) groups is 1. The van der Waals surface area contributed by atoms with Crippen molar-refractivity contribution in [2.75, 3.05) is 13.1 Å². The summed E-state index contributed by atoms with van der Waals surface area (Å²) in [6.45, 7) is 8.79. The van der Waals surface area contributed by atoms with Gasteiger partial charge in [-0.15, -0.1) is 0 Å². The summed E-state index contributed by atoms with van der Waals surface area (Å²) < 4.78 is 0. The molecule has 0 aliphatic carbocycles. The first kappa shape index (κ1) is 15.4. The molecular formula is C12H26N2O2. The zero-order chi connectivity index (χ0) is 12.8. The van der Waals surface area contributed by atoms with Crippen LogP contribution in [-0.4, -0.2) is 30.2 Å². The Morgan fingerprint density at radius 2 is 2.00 bits per heavy atom. The van der Waals surface area contributed by atoms with Crippen molar-refractivity contribution in [3.8, 4) is 0 Å². The molecule has 0 bridgehead atoms. The van der Waals surface area contributed by atoms with E-state index >= 15 is 0 Å². The van der Waals surface area contributed by atoms with E-state index < -0.39 is 6.10 Å². The van der Waals surface area contributed by atoms with Gasteiger partial charge in [0.1, 0.15) is 0 Å². The van der Waals surface area contributed by atoms with Crippen molar-refractivity contribution in [2.24, 2.45) is 17.1 Å². The van der Waals surface area contributed by atoms with E-state index in [-0.39, 0.29) is 17.2 Å². The lowest BCUT2D eigenvalue weighted by Crippen LogP contribution is -2.39. The highest BCUT2D eigenvalue weighted by molar-refractivity contribution is 5.78. The van der Waals surface area contributed by atoms with Crippen molar-refractivity contribution in [2.45, 2.75) is 46.6 Å². The van der Waals surface area contributed by atoms with E-state index in [1.807, 2.05) is 6.92 Å². The standard InChI is InChI=1S/C12H26N2O2/c1-5-9(7-13)11(16)14-8-10(15)6-12(2,3)4/h9-10,15H,5-8,13H2,1-4H3,(H,14,16). The van der Waals surface area contributed by atoms with E-state index in [9.17, 15) is 9.90 Å². The molecule has 1 amide bonds. The van der Waals surface area contributed by atoms with Crippen LogP contribution in [0.4, 0.5) is 0 Å². The van der Waals surface area contributed by atoms with Gasteiger partial charge in [-0.25, -0.2) is 0 Å². The van der Waals surface area contributed by atoms with Crippen LogP contribution in [0.5, 0.6) is 0 Å². The van der Waals surface area contributed by atoms with Crippen molar-refractivity contribution >= 4 is 5.91 Å². The van der Waals surface area contributed by atoms with Crippen molar-refractivity contribution in [1.82, 2.24) is 5.32 Å². The number of hydrogen-bond acceptors (Lipinski definition) is 3. The van der Waals surface area contributed by atoms with Gasteiger partial charge in [0.15, 0.2) is 0 Å². The first-order chi connectivity index (χ1) is 7.30. The summed E-state index contributed by atoms with van der Waals surface area (Å²) in [6.07, 6.45) is 0.920. The molecule has 0 aliphatic heterocycles. The average Bonchev–Trinajstić information content (AvgIpc) is 2.14. The number of nitrogens with one attached hydrogen (secondary N) is 1. The summed E-state index contributed by atoms with van der Waals surface area (Å²) in [7, 11) is 0. The first-order valence-corrected chi connectivity index (χ1v) is 5.96. The number of aliphatic hydroxyl groups is 1. The number of carbonyl (C=O) groups excluding carboxylic acids is 1. The summed E-state index contributed by atoms with van der Waals surface area (Å²) in [5.74, 6) is -0.195. The molecule has 0 rings (SSSR count). The minimum Gasteiger partial charge on any atom is -0.391 e. The summed E-state index contributed by atoms with van der Waals surface area (Å²) >= 11 is 0. The topological polar surface area (TPSA) is 75.4 Å². The SMILES string of the molecule is CCC(CN)C(=O)NCC(O)CC(C)(C)C. The van der Waals surface area contributed by atoms with E-state index in [0.717, 1.165) is 6.42 Å². The van der Waals surface area contributed by atoms with Gasteiger partial charge in [0.2, 0.25) is 5.91 Å². The predicted octanol–water partition coefficient (Wildman–Crippen LogP) is 0.885. The van der Waals surface area contributed by atoms with Crippen molar-refractivity contribution in [3.05, 3.63) is 0 Å². The molecule has 0 spiro atoms. The molecule has 0 aromatic rings. The number of hydrogen-bond donors (Lipinski definition) is 3. The highest BCUT2D eigenvalue weighted by atomic mass is 16.3. The summed E-state index contributed by atoms with van der Waals surface area (Å²) in [6, 6.07) is 0. The molecular weight excluding hydrogens is 204 g/mol. The first-order valence-electron chi connectivity index (χ1n) is 5.96. The van der Waals surface area contributed by atoms with Crippen LogP contribution in [0.3, 0.4) is 0 Å². The van der Waals surface area contributed by atoms with Crippen LogP contribution in [-0.2, 0) is 4.79 Å². The molecule has 0 heterocycles. The van der Waals surface area contributed by atoms with Crippen LogP contribution in [0.2, 0.25) is 0 Å². The lowest BCUT2D eigenvalue weighted by molar-refractivity contribution is -0.125. The Morgan fingerprint density at radius 3 is 2.38 bits per heavy atom. The number of amides is 1.